The Morgan fingerprint density at radius 1 is 1.56 bits per heavy atom. The molecule has 2 aromatic rings. The molecular weight excluding hydrogens is 204 g/mol. The Morgan fingerprint density at radius 2 is 2.44 bits per heavy atom. The van der Waals surface area contributed by atoms with E-state index in [0.717, 1.165) is 12.2 Å². The summed E-state index contributed by atoms with van der Waals surface area (Å²) >= 11 is 0. The number of nitrogens with one attached hydrogen (secondary N) is 1. The second-order valence-corrected chi connectivity index (χ2v) is 3.72. The molecule has 2 rings (SSSR count). The summed E-state index contributed by atoms with van der Waals surface area (Å²) in [7, 11) is 0. The minimum atomic E-state index is 0.261. The van der Waals surface area contributed by atoms with Crippen molar-refractivity contribution in [3.8, 4) is 0 Å². The fraction of sp³-hybridized carbons (Fsp3) is 0.455. The van der Waals surface area contributed by atoms with E-state index in [9.17, 15) is 0 Å². The average molecular weight is 220 g/mol. The molecule has 2 aromatic heterocycles. The summed E-state index contributed by atoms with van der Waals surface area (Å²) in [5, 5.41) is 11.5. The maximum atomic E-state index is 4.77. The lowest BCUT2D eigenvalue weighted by Gasteiger charge is -2.09. The lowest BCUT2D eigenvalue weighted by Crippen LogP contribution is -2.17. The highest BCUT2D eigenvalue weighted by atomic mass is 16.5. The third-order valence-electron chi connectivity index (χ3n) is 2.56. The standard InChI is InChI=1S/C11H16N4O/c1-3-15-8-10(6-13-15)9(2)12-7-11-4-5-16-14-11/h4-6,8-9,12H,3,7H2,1-2H3. The topological polar surface area (TPSA) is 55.9 Å². The molecule has 0 radical (unpaired) electrons. The Hall–Kier alpha value is -1.62. The highest BCUT2D eigenvalue weighted by Crippen LogP contribution is 2.11. The van der Waals surface area contributed by atoms with Crippen LogP contribution in [0.5, 0.6) is 0 Å². The van der Waals surface area contributed by atoms with Crippen molar-refractivity contribution < 1.29 is 4.52 Å². The predicted molar refractivity (Wildman–Crippen MR) is 59.7 cm³/mol. The largest absolute Gasteiger partial charge is 0.364 e. The smallest absolute Gasteiger partial charge is 0.124 e. The van der Waals surface area contributed by atoms with Crippen molar-refractivity contribution in [1.29, 1.82) is 0 Å². The van der Waals surface area contributed by atoms with Crippen LogP contribution in [0, 0.1) is 0 Å². The molecule has 0 aliphatic heterocycles. The van der Waals surface area contributed by atoms with Crippen LogP contribution in [0.4, 0.5) is 0 Å². The zero-order valence-electron chi connectivity index (χ0n) is 9.55. The van der Waals surface area contributed by atoms with Gasteiger partial charge in [-0.05, 0) is 13.8 Å². The highest BCUT2D eigenvalue weighted by Gasteiger charge is 2.07. The van der Waals surface area contributed by atoms with Crippen LogP contribution in [0.2, 0.25) is 0 Å². The minimum Gasteiger partial charge on any atom is -0.364 e. The van der Waals surface area contributed by atoms with Crippen LogP contribution in [-0.2, 0) is 13.1 Å². The van der Waals surface area contributed by atoms with Crippen LogP contribution in [0.3, 0.4) is 0 Å². The molecule has 5 heteroatoms. The molecule has 0 amide bonds. The summed E-state index contributed by atoms with van der Waals surface area (Å²) in [6.45, 7) is 5.78. The molecule has 0 saturated heterocycles. The molecule has 86 valence electrons. The van der Waals surface area contributed by atoms with Crippen molar-refractivity contribution in [2.75, 3.05) is 0 Å². The first-order valence-electron chi connectivity index (χ1n) is 5.44. The Labute approximate surface area is 94.4 Å². The molecule has 2 heterocycles. The van der Waals surface area contributed by atoms with E-state index in [4.69, 9.17) is 4.52 Å². The Bertz CT molecular complexity index is 421. The third-order valence-corrected chi connectivity index (χ3v) is 2.56. The van der Waals surface area contributed by atoms with Gasteiger partial charge < -0.3 is 9.84 Å². The summed E-state index contributed by atoms with van der Waals surface area (Å²) in [4.78, 5) is 0. The van der Waals surface area contributed by atoms with Gasteiger partial charge in [0, 0.05) is 37.0 Å². The normalized spacial score (nSPS) is 12.9. The lowest BCUT2D eigenvalue weighted by atomic mass is 10.2. The van der Waals surface area contributed by atoms with Gasteiger partial charge in [-0.15, -0.1) is 0 Å². The highest BCUT2D eigenvalue weighted by molar-refractivity contribution is 5.09. The van der Waals surface area contributed by atoms with Crippen molar-refractivity contribution in [2.24, 2.45) is 0 Å². The Kier molecular flexibility index (Phi) is 3.36. The van der Waals surface area contributed by atoms with E-state index in [1.54, 1.807) is 6.26 Å². The van der Waals surface area contributed by atoms with E-state index >= 15 is 0 Å². The molecule has 0 aliphatic rings. The molecule has 1 unspecified atom stereocenters. The van der Waals surface area contributed by atoms with Crippen molar-refractivity contribution >= 4 is 0 Å². The minimum absolute atomic E-state index is 0.261. The monoisotopic (exact) mass is 220 g/mol. The van der Waals surface area contributed by atoms with Gasteiger partial charge in [0.15, 0.2) is 0 Å². The van der Waals surface area contributed by atoms with Crippen molar-refractivity contribution in [2.45, 2.75) is 33.0 Å². The first-order valence-corrected chi connectivity index (χ1v) is 5.44. The van der Waals surface area contributed by atoms with Crippen LogP contribution >= 0.6 is 0 Å². The zero-order valence-corrected chi connectivity index (χ0v) is 9.55. The number of aryl methyl sites for hydroxylation is 1. The van der Waals surface area contributed by atoms with Crippen LogP contribution in [0.1, 0.15) is 31.1 Å². The number of rotatable bonds is 5. The van der Waals surface area contributed by atoms with E-state index in [-0.39, 0.29) is 6.04 Å². The second-order valence-electron chi connectivity index (χ2n) is 3.72. The fourth-order valence-corrected chi connectivity index (χ4v) is 1.48. The average Bonchev–Trinajstić information content (AvgIpc) is 2.96. The van der Waals surface area contributed by atoms with E-state index < -0.39 is 0 Å². The van der Waals surface area contributed by atoms with Gasteiger partial charge in [0.1, 0.15) is 6.26 Å². The molecule has 0 saturated carbocycles. The second kappa shape index (κ2) is 4.94. The first-order chi connectivity index (χ1) is 7.79. The molecule has 0 bridgehead atoms. The van der Waals surface area contributed by atoms with Crippen LogP contribution in [0.15, 0.2) is 29.2 Å². The van der Waals surface area contributed by atoms with E-state index in [0.29, 0.717) is 6.54 Å². The van der Waals surface area contributed by atoms with Crippen molar-refractivity contribution in [3.63, 3.8) is 0 Å². The quantitative estimate of drug-likeness (QED) is 0.834. The summed E-state index contributed by atoms with van der Waals surface area (Å²) in [5.41, 5.74) is 2.10. The molecule has 1 atom stereocenters. The van der Waals surface area contributed by atoms with Gasteiger partial charge >= 0.3 is 0 Å². The Balaban J connectivity index is 1.90. The summed E-state index contributed by atoms with van der Waals surface area (Å²) < 4.78 is 6.69. The molecule has 0 aliphatic carbocycles. The van der Waals surface area contributed by atoms with Gasteiger partial charge in [-0.25, -0.2) is 0 Å². The predicted octanol–water partition coefficient (Wildman–Crippen LogP) is 1.74. The van der Waals surface area contributed by atoms with Gasteiger partial charge in [0.2, 0.25) is 0 Å². The summed E-state index contributed by atoms with van der Waals surface area (Å²) in [6.07, 6.45) is 5.53. The summed E-state index contributed by atoms with van der Waals surface area (Å²) in [6, 6.07) is 2.12. The number of hydrogen-bond donors (Lipinski definition) is 1. The van der Waals surface area contributed by atoms with E-state index in [1.807, 2.05) is 16.9 Å². The van der Waals surface area contributed by atoms with Gasteiger partial charge in [-0.1, -0.05) is 5.16 Å². The molecule has 16 heavy (non-hydrogen) atoms. The van der Waals surface area contributed by atoms with E-state index in [1.165, 1.54) is 5.56 Å². The molecule has 1 N–H and O–H groups in total. The van der Waals surface area contributed by atoms with Crippen LogP contribution in [0.25, 0.3) is 0 Å². The number of aromatic nitrogens is 3. The summed E-state index contributed by atoms with van der Waals surface area (Å²) in [5.74, 6) is 0. The number of hydrogen-bond acceptors (Lipinski definition) is 4. The van der Waals surface area contributed by atoms with Gasteiger partial charge in [0.25, 0.3) is 0 Å². The SMILES string of the molecule is CCn1cc(C(C)NCc2ccon2)cn1. The molecular formula is C11H16N4O. The number of nitrogens with zero attached hydrogens (tertiary/aromatic N) is 3. The third kappa shape index (κ3) is 2.49. The molecule has 5 nitrogen and oxygen atoms in total. The van der Waals surface area contributed by atoms with Gasteiger partial charge in [-0.3, -0.25) is 4.68 Å². The van der Waals surface area contributed by atoms with Gasteiger partial charge in [0.05, 0.1) is 11.9 Å². The van der Waals surface area contributed by atoms with E-state index in [2.05, 4.69) is 35.6 Å². The van der Waals surface area contributed by atoms with Crippen molar-refractivity contribution in [1.82, 2.24) is 20.3 Å². The lowest BCUT2D eigenvalue weighted by molar-refractivity contribution is 0.406. The molecule has 0 spiro atoms. The first kappa shape index (κ1) is 10.9. The Morgan fingerprint density at radius 3 is 3.06 bits per heavy atom. The van der Waals surface area contributed by atoms with Gasteiger partial charge in [-0.2, -0.15) is 5.10 Å². The fourth-order valence-electron chi connectivity index (χ4n) is 1.48. The molecule has 0 fully saturated rings. The van der Waals surface area contributed by atoms with Crippen LogP contribution < -0.4 is 5.32 Å². The van der Waals surface area contributed by atoms with Crippen LogP contribution in [-0.4, -0.2) is 14.9 Å². The van der Waals surface area contributed by atoms with Crippen molar-refractivity contribution in [3.05, 3.63) is 36.0 Å². The molecule has 0 aromatic carbocycles. The maximum Gasteiger partial charge on any atom is 0.124 e. The maximum absolute atomic E-state index is 4.77. The zero-order chi connectivity index (χ0) is 11.4.